The molecule has 0 spiro atoms. The van der Waals surface area contributed by atoms with Gasteiger partial charge in [0.25, 0.3) is 0 Å². The van der Waals surface area contributed by atoms with Crippen LogP contribution in [0.1, 0.15) is 12.7 Å². The molecule has 0 aliphatic carbocycles. The predicted molar refractivity (Wildman–Crippen MR) is 71.0 cm³/mol. The molecule has 1 amide bonds. The molecular weight excluding hydrogens is 247 g/mol. The molecule has 1 heterocycles. The number of nitrogens with one attached hydrogen (secondary N) is 1. The van der Waals surface area contributed by atoms with E-state index in [2.05, 4.69) is 10.3 Å². The fourth-order valence-corrected chi connectivity index (χ4v) is 1.78. The molecule has 0 bridgehead atoms. The molecule has 0 atom stereocenters. The molecule has 6 heteroatoms. The van der Waals surface area contributed by atoms with Gasteiger partial charge >= 0.3 is 0 Å². The topological polar surface area (TPSA) is 72.9 Å². The number of carbonyl (C=O) groups is 1. The molecule has 0 radical (unpaired) electrons. The monoisotopic (exact) mass is 262 g/mol. The fourth-order valence-electron chi connectivity index (χ4n) is 1.78. The van der Waals surface area contributed by atoms with E-state index in [0.29, 0.717) is 5.69 Å². The fraction of sp³-hybridized carbons (Fsp3) is 0.231. The second kappa shape index (κ2) is 5.51. The van der Waals surface area contributed by atoms with E-state index in [1.54, 1.807) is 17.0 Å². The molecular formula is C13H15FN4O. The lowest BCUT2D eigenvalue weighted by Gasteiger charge is -2.09. The molecule has 0 saturated carbocycles. The number of rotatable bonds is 4. The van der Waals surface area contributed by atoms with Crippen molar-refractivity contribution in [2.45, 2.75) is 19.9 Å². The third-order valence-corrected chi connectivity index (χ3v) is 2.70. The number of hydrogen-bond donors (Lipinski definition) is 2. The zero-order valence-corrected chi connectivity index (χ0v) is 10.6. The van der Waals surface area contributed by atoms with Crippen LogP contribution in [-0.4, -0.2) is 15.5 Å². The van der Waals surface area contributed by atoms with Crippen molar-refractivity contribution in [2.24, 2.45) is 0 Å². The molecule has 19 heavy (non-hydrogen) atoms. The van der Waals surface area contributed by atoms with Gasteiger partial charge in [0.05, 0.1) is 5.69 Å². The van der Waals surface area contributed by atoms with Gasteiger partial charge in [-0.05, 0) is 18.2 Å². The van der Waals surface area contributed by atoms with Crippen LogP contribution in [0.15, 0.2) is 30.6 Å². The van der Waals surface area contributed by atoms with Crippen molar-refractivity contribution in [1.82, 2.24) is 9.55 Å². The maximum absolute atomic E-state index is 13.5. The number of hydrogen-bond acceptors (Lipinski definition) is 3. The Kier molecular flexibility index (Phi) is 3.79. The summed E-state index contributed by atoms with van der Waals surface area (Å²) in [5.74, 6) is -0.0238. The number of nitrogen functional groups attached to an aromatic ring is 1. The standard InChI is InChI=1S/C13H15FN4O/c1-2-12-16-5-6-18(12)8-13(19)17-11-7-9(15)3-4-10(11)14/h3-7H,2,8,15H2,1H3,(H,17,19). The van der Waals surface area contributed by atoms with Gasteiger partial charge in [0.2, 0.25) is 5.91 Å². The number of benzene rings is 1. The van der Waals surface area contributed by atoms with Crippen molar-refractivity contribution in [1.29, 1.82) is 0 Å². The van der Waals surface area contributed by atoms with Crippen LogP contribution in [0.4, 0.5) is 15.8 Å². The van der Waals surface area contributed by atoms with Gasteiger partial charge in [-0.1, -0.05) is 6.92 Å². The van der Waals surface area contributed by atoms with E-state index in [1.807, 2.05) is 6.92 Å². The lowest BCUT2D eigenvalue weighted by Crippen LogP contribution is -2.20. The molecule has 0 saturated heterocycles. The second-order valence-corrected chi connectivity index (χ2v) is 4.11. The highest BCUT2D eigenvalue weighted by molar-refractivity contribution is 5.91. The van der Waals surface area contributed by atoms with Crippen LogP contribution >= 0.6 is 0 Å². The summed E-state index contributed by atoms with van der Waals surface area (Å²) in [6.07, 6.45) is 4.08. The smallest absolute Gasteiger partial charge is 0.244 e. The molecule has 3 N–H and O–H groups in total. The number of anilines is 2. The maximum Gasteiger partial charge on any atom is 0.244 e. The van der Waals surface area contributed by atoms with Gasteiger partial charge in [-0.15, -0.1) is 0 Å². The van der Waals surface area contributed by atoms with Crippen molar-refractivity contribution in [3.05, 3.63) is 42.2 Å². The lowest BCUT2D eigenvalue weighted by atomic mass is 10.2. The molecule has 0 aliphatic heterocycles. The first-order valence-corrected chi connectivity index (χ1v) is 5.95. The lowest BCUT2D eigenvalue weighted by molar-refractivity contribution is -0.116. The summed E-state index contributed by atoms with van der Waals surface area (Å²) in [7, 11) is 0. The van der Waals surface area contributed by atoms with Crippen molar-refractivity contribution < 1.29 is 9.18 Å². The summed E-state index contributed by atoms with van der Waals surface area (Å²) in [6, 6.07) is 4.05. The highest BCUT2D eigenvalue weighted by Crippen LogP contribution is 2.17. The van der Waals surface area contributed by atoms with E-state index in [1.165, 1.54) is 18.2 Å². The normalized spacial score (nSPS) is 10.4. The minimum Gasteiger partial charge on any atom is -0.399 e. The summed E-state index contributed by atoms with van der Waals surface area (Å²) >= 11 is 0. The molecule has 2 rings (SSSR count). The molecule has 100 valence electrons. The van der Waals surface area contributed by atoms with E-state index in [4.69, 9.17) is 5.73 Å². The zero-order chi connectivity index (χ0) is 13.8. The average molecular weight is 262 g/mol. The van der Waals surface area contributed by atoms with Crippen molar-refractivity contribution in [3.8, 4) is 0 Å². The Hall–Kier alpha value is -2.37. The minimum absolute atomic E-state index is 0.0863. The Morgan fingerprint density at radius 2 is 2.32 bits per heavy atom. The summed E-state index contributed by atoms with van der Waals surface area (Å²) in [6.45, 7) is 2.05. The predicted octanol–water partition coefficient (Wildman–Crippen LogP) is 1.81. The number of aryl methyl sites for hydroxylation is 1. The van der Waals surface area contributed by atoms with Crippen LogP contribution in [0.3, 0.4) is 0 Å². The summed E-state index contributed by atoms with van der Waals surface area (Å²) in [5, 5.41) is 2.50. The number of amides is 1. The average Bonchev–Trinajstić information content (AvgIpc) is 2.81. The highest BCUT2D eigenvalue weighted by atomic mass is 19.1. The van der Waals surface area contributed by atoms with E-state index < -0.39 is 5.82 Å². The van der Waals surface area contributed by atoms with Crippen LogP contribution in [0.2, 0.25) is 0 Å². The third kappa shape index (κ3) is 3.09. The van der Waals surface area contributed by atoms with Crippen LogP contribution < -0.4 is 11.1 Å². The van der Waals surface area contributed by atoms with Crippen LogP contribution in [0.25, 0.3) is 0 Å². The van der Waals surface area contributed by atoms with Gasteiger partial charge in [-0.3, -0.25) is 4.79 Å². The summed E-state index contributed by atoms with van der Waals surface area (Å²) < 4.78 is 15.2. The number of carbonyl (C=O) groups excluding carboxylic acids is 1. The van der Waals surface area contributed by atoms with Crippen LogP contribution in [-0.2, 0) is 17.8 Å². The Balaban J connectivity index is 2.07. The first kappa shape index (κ1) is 13.1. The molecule has 2 aromatic rings. The summed E-state index contributed by atoms with van der Waals surface area (Å²) in [4.78, 5) is 16.0. The Morgan fingerprint density at radius 3 is 3.05 bits per heavy atom. The molecule has 0 fully saturated rings. The number of nitrogens with zero attached hydrogens (tertiary/aromatic N) is 2. The first-order valence-electron chi connectivity index (χ1n) is 5.95. The summed E-state index contributed by atoms with van der Waals surface area (Å²) in [5.41, 5.74) is 6.03. The molecule has 1 aromatic carbocycles. The molecule has 5 nitrogen and oxygen atoms in total. The minimum atomic E-state index is -0.510. The SMILES string of the molecule is CCc1nccn1CC(=O)Nc1cc(N)ccc1F. The molecule has 0 aliphatic rings. The Morgan fingerprint density at radius 1 is 1.53 bits per heavy atom. The zero-order valence-electron chi connectivity index (χ0n) is 10.6. The number of aromatic nitrogens is 2. The van der Waals surface area contributed by atoms with Gasteiger partial charge in [-0.25, -0.2) is 9.37 Å². The van der Waals surface area contributed by atoms with Gasteiger partial charge in [0, 0.05) is 24.5 Å². The highest BCUT2D eigenvalue weighted by Gasteiger charge is 2.09. The Labute approximate surface area is 110 Å². The number of nitrogens with two attached hydrogens (primary N) is 1. The van der Waals surface area contributed by atoms with E-state index in [9.17, 15) is 9.18 Å². The quantitative estimate of drug-likeness (QED) is 0.825. The van der Waals surface area contributed by atoms with Crippen LogP contribution in [0.5, 0.6) is 0 Å². The van der Waals surface area contributed by atoms with E-state index in [-0.39, 0.29) is 18.1 Å². The van der Waals surface area contributed by atoms with Crippen molar-refractivity contribution in [3.63, 3.8) is 0 Å². The number of imidazole rings is 1. The third-order valence-electron chi connectivity index (χ3n) is 2.70. The van der Waals surface area contributed by atoms with Crippen molar-refractivity contribution in [2.75, 3.05) is 11.1 Å². The molecule has 0 unspecified atom stereocenters. The van der Waals surface area contributed by atoms with E-state index >= 15 is 0 Å². The Bertz CT molecular complexity index is 594. The largest absolute Gasteiger partial charge is 0.399 e. The van der Waals surface area contributed by atoms with Gasteiger partial charge < -0.3 is 15.6 Å². The van der Waals surface area contributed by atoms with E-state index in [0.717, 1.165) is 12.2 Å². The van der Waals surface area contributed by atoms with Gasteiger partial charge in [-0.2, -0.15) is 0 Å². The van der Waals surface area contributed by atoms with Gasteiger partial charge in [0.15, 0.2) is 0 Å². The molecule has 1 aromatic heterocycles. The van der Waals surface area contributed by atoms with Crippen LogP contribution in [0, 0.1) is 5.82 Å². The maximum atomic E-state index is 13.5. The second-order valence-electron chi connectivity index (χ2n) is 4.11. The van der Waals surface area contributed by atoms with Gasteiger partial charge in [0.1, 0.15) is 18.2 Å². The number of halogens is 1. The van der Waals surface area contributed by atoms with Crippen molar-refractivity contribution >= 4 is 17.3 Å². The first-order chi connectivity index (χ1) is 9.10.